The van der Waals surface area contributed by atoms with Crippen molar-refractivity contribution in [3.05, 3.63) is 58.6 Å². The lowest BCUT2D eigenvalue weighted by Gasteiger charge is -2.20. The van der Waals surface area contributed by atoms with Gasteiger partial charge in [-0.2, -0.15) is 0 Å². The van der Waals surface area contributed by atoms with Crippen molar-refractivity contribution < 1.29 is 9.68 Å². The quantitative estimate of drug-likeness (QED) is 0.753. The predicted molar refractivity (Wildman–Crippen MR) is 76.5 cm³/mol. The average Bonchev–Trinajstić information content (AvgIpc) is 2.43. The Hall–Kier alpha value is -1.42. The Labute approximate surface area is 122 Å². The highest BCUT2D eigenvalue weighted by atomic mass is 35.5. The highest BCUT2D eigenvalue weighted by Gasteiger charge is 2.07. The molecule has 0 saturated heterocycles. The molecule has 0 heterocycles. The average molecular weight is 298 g/mol. The summed E-state index contributed by atoms with van der Waals surface area (Å²) in [5.41, 5.74) is 0. The summed E-state index contributed by atoms with van der Waals surface area (Å²) in [5.74, 6) is 1.31. The molecule has 2 rings (SSSR count). The standard InChI is InChI=1S/C14H13Cl2NO2/c1-2-17(18-13-7-3-11(15)4-8-13)19-14-9-5-12(16)6-10-14/h3-10H,2H2,1H3. The first-order valence-electron chi connectivity index (χ1n) is 5.82. The topological polar surface area (TPSA) is 21.7 Å². The molecule has 0 spiro atoms. The van der Waals surface area contributed by atoms with Crippen LogP contribution in [-0.4, -0.2) is 11.8 Å². The predicted octanol–water partition coefficient (Wildman–Crippen LogP) is 4.60. The molecule has 0 amide bonds. The van der Waals surface area contributed by atoms with Gasteiger partial charge >= 0.3 is 0 Å². The van der Waals surface area contributed by atoms with Crippen molar-refractivity contribution in [1.29, 1.82) is 0 Å². The lowest BCUT2D eigenvalue weighted by Crippen LogP contribution is -2.30. The fourth-order valence-corrected chi connectivity index (χ4v) is 1.63. The molecule has 0 unspecified atom stereocenters. The second-order valence-corrected chi connectivity index (χ2v) is 4.61. The van der Waals surface area contributed by atoms with Crippen molar-refractivity contribution >= 4 is 23.2 Å². The van der Waals surface area contributed by atoms with E-state index in [0.717, 1.165) is 0 Å². The maximum Gasteiger partial charge on any atom is 0.151 e. The van der Waals surface area contributed by atoms with Crippen molar-refractivity contribution in [3.8, 4) is 11.5 Å². The summed E-state index contributed by atoms with van der Waals surface area (Å²) in [7, 11) is 0. The second-order valence-electron chi connectivity index (χ2n) is 3.74. The van der Waals surface area contributed by atoms with Gasteiger partial charge in [0, 0.05) is 15.3 Å². The Balaban J connectivity index is 2.00. The number of hydrogen-bond acceptors (Lipinski definition) is 3. The number of rotatable bonds is 5. The Morgan fingerprint density at radius 1 is 0.789 bits per heavy atom. The number of hydrogen-bond donors (Lipinski definition) is 0. The Morgan fingerprint density at radius 3 is 1.47 bits per heavy atom. The van der Waals surface area contributed by atoms with E-state index in [1.807, 2.05) is 6.92 Å². The van der Waals surface area contributed by atoms with E-state index in [-0.39, 0.29) is 0 Å². The minimum Gasteiger partial charge on any atom is -0.371 e. The van der Waals surface area contributed by atoms with Crippen molar-refractivity contribution in [1.82, 2.24) is 5.23 Å². The zero-order valence-electron chi connectivity index (χ0n) is 10.3. The van der Waals surface area contributed by atoms with Crippen LogP contribution in [0.4, 0.5) is 0 Å². The molecule has 5 heteroatoms. The lowest BCUT2D eigenvalue weighted by atomic mass is 10.3. The van der Waals surface area contributed by atoms with Crippen LogP contribution < -0.4 is 9.68 Å². The molecule has 0 aliphatic heterocycles. The van der Waals surface area contributed by atoms with Gasteiger partial charge in [-0.15, -0.1) is 0 Å². The van der Waals surface area contributed by atoms with E-state index in [1.165, 1.54) is 5.23 Å². The maximum atomic E-state index is 5.81. The number of hydroxylamine groups is 2. The first-order valence-corrected chi connectivity index (χ1v) is 6.57. The van der Waals surface area contributed by atoms with Crippen molar-refractivity contribution in [2.75, 3.05) is 6.54 Å². The number of benzene rings is 2. The zero-order valence-corrected chi connectivity index (χ0v) is 11.9. The van der Waals surface area contributed by atoms with Gasteiger partial charge in [0.05, 0.1) is 6.54 Å². The SMILES string of the molecule is CCN(Oc1ccc(Cl)cc1)Oc1ccc(Cl)cc1. The van der Waals surface area contributed by atoms with Crippen LogP contribution >= 0.6 is 23.2 Å². The largest absolute Gasteiger partial charge is 0.371 e. The summed E-state index contributed by atoms with van der Waals surface area (Å²) in [6, 6.07) is 14.1. The van der Waals surface area contributed by atoms with Crippen LogP contribution in [-0.2, 0) is 0 Å². The van der Waals surface area contributed by atoms with Crippen LogP contribution in [0.3, 0.4) is 0 Å². The Bertz CT molecular complexity index is 466. The minimum atomic E-state index is 0.561. The second kappa shape index (κ2) is 6.66. The molecule has 0 aromatic heterocycles. The molecule has 2 aromatic rings. The third-order valence-corrected chi connectivity index (χ3v) is 2.80. The summed E-state index contributed by atoms with van der Waals surface area (Å²) >= 11 is 11.6. The van der Waals surface area contributed by atoms with Gasteiger partial charge in [-0.05, 0) is 55.5 Å². The van der Waals surface area contributed by atoms with Crippen LogP contribution in [0.5, 0.6) is 11.5 Å². The number of nitrogens with zero attached hydrogens (tertiary/aromatic N) is 1. The van der Waals surface area contributed by atoms with Crippen LogP contribution in [0.25, 0.3) is 0 Å². The van der Waals surface area contributed by atoms with Crippen LogP contribution in [0.2, 0.25) is 10.0 Å². The van der Waals surface area contributed by atoms with Gasteiger partial charge in [-0.25, -0.2) is 0 Å². The Kier molecular flexibility index (Phi) is 4.91. The number of halogens is 2. The fourth-order valence-electron chi connectivity index (χ4n) is 1.37. The third kappa shape index (κ3) is 4.31. The molecule has 2 aromatic carbocycles. The summed E-state index contributed by atoms with van der Waals surface area (Å²) < 4.78 is 0. The molecule has 0 bridgehead atoms. The summed E-state index contributed by atoms with van der Waals surface area (Å²) in [6.45, 7) is 2.48. The molecule has 19 heavy (non-hydrogen) atoms. The first kappa shape index (κ1) is 14.0. The van der Waals surface area contributed by atoms with E-state index < -0.39 is 0 Å². The molecular formula is C14H13Cl2NO2. The van der Waals surface area contributed by atoms with Crippen molar-refractivity contribution in [2.45, 2.75) is 6.92 Å². The zero-order chi connectivity index (χ0) is 13.7. The molecule has 0 radical (unpaired) electrons. The monoisotopic (exact) mass is 297 g/mol. The first-order chi connectivity index (χ1) is 9.17. The van der Waals surface area contributed by atoms with Gasteiger partial charge < -0.3 is 9.68 Å². The highest BCUT2D eigenvalue weighted by Crippen LogP contribution is 2.19. The van der Waals surface area contributed by atoms with E-state index in [1.54, 1.807) is 48.5 Å². The van der Waals surface area contributed by atoms with Gasteiger partial charge in [0.25, 0.3) is 0 Å². The van der Waals surface area contributed by atoms with Gasteiger partial charge in [0.2, 0.25) is 0 Å². The van der Waals surface area contributed by atoms with Gasteiger partial charge in [-0.1, -0.05) is 23.2 Å². The van der Waals surface area contributed by atoms with Gasteiger partial charge in [0.1, 0.15) is 0 Å². The van der Waals surface area contributed by atoms with E-state index >= 15 is 0 Å². The van der Waals surface area contributed by atoms with Gasteiger partial charge in [0.15, 0.2) is 11.5 Å². The molecule has 0 N–H and O–H groups in total. The molecule has 0 aliphatic carbocycles. The van der Waals surface area contributed by atoms with Gasteiger partial charge in [-0.3, -0.25) is 0 Å². The molecule has 0 atom stereocenters. The molecule has 0 aliphatic rings. The summed E-state index contributed by atoms with van der Waals surface area (Å²) in [5, 5.41) is 2.70. The van der Waals surface area contributed by atoms with E-state index in [4.69, 9.17) is 32.9 Å². The summed E-state index contributed by atoms with van der Waals surface area (Å²) in [4.78, 5) is 11.1. The highest BCUT2D eigenvalue weighted by molar-refractivity contribution is 6.30. The molecular weight excluding hydrogens is 285 g/mol. The minimum absolute atomic E-state index is 0.561. The van der Waals surface area contributed by atoms with Crippen molar-refractivity contribution in [3.63, 3.8) is 0 Å². The van der Waals surface area contributed by atoms with E-state index in [9.17, 15) is 0 Å². The van der Waals surface area contributed by atoms with Crippen LogP contribution in [0.1, 0.15) is 6.92 Å². The van der Waals surface area contributed by atoms with E-state index in [2.05, 4.69) is 0 Å². The normalized spacial score (nSPS) is 10.5. The van der Waals surface area contributed by atoms with Crippen molar-refractivity contribution in [2.24, 2.45) is 0 Å². The summed E-state index contributed by atoms with van der Waals surface area (Å²) in [6.07, 6.45) is 0. The Morgan fingerprint density at radius 2 is 1.16 bits per heavy atom. The maximum absolute atomic E-state index is 5.81. The third-order valence-electron chi connectivity index (χ3n) is 2.30. The molecule has 3 nitrogen and oxygen atoms in total. The molecule has 0 fully saturated rings. The fraction of sp³-hybridized carbons (Fsp3) is 0.143. The smallest absolute Gasteiger partial charge is 0.151 e. The van der Waals surface area contributed by atoms with Crippen LogP contribution in [0, 0.1) is 0 Å². The van der Waals surface area contributed by atoms with E-state index in [0.29, 0.717) is 28.1 Å². The molecule has 100 valence electrons. The van der Waals surface area contributed by atoms with Crippen LogP contribution in [0.15, 0.2) is 48.5 Å². The molecule has 0 saturated carbocycles. The lowest BCUT2D eigenvalue weighted by molar-refractivity contribution is -0.253.